The van der Waals surface area contributed by atoms with Gasteiger partial charge >= 0.3 is 0 Å². The van der Waals surface area contributed by atoms with Crippen molar-refractivity contribution in [1.82, 2.24) is 15.5 Å². The van der Waals surface area contributed by atoms with Gasteiger partial charge in [-0.15, -0.1) is 5.10 Å². The average molecular weight is 264 g/mol. The number of benzene rings is 1. The van der Waals surface area contributed by atoms with Gasteiger partial charge in [0, 0.05) is 12.6 Å². The van der Waals surface area contributed by atoms with Crippen LogP contribution in [-0.4, -0.2) is 17.2 Å². The molecule has 4 nitrogen and oxygen atoms in total. The fraction of sp³-hybridized carbons (Fsp3) is 0.231. The third-order valence-corrected chi connectivity index (χ3v) is 2.65. The lowest BCUT2D eigenvalue weighted by molar-refractivity contribution is 0.453. The molecule has 0 atom stereocenters. The Morgan fingerprint density at radius 1 is 1.22 bits per heavy atom. The number of rotatable bonds is 4. The van der Waals surface area contributed by atoms with Gasteiger partial charge in [0.2, 0.25) is 5.88 Å². The van der Waals surface area contributed by atoms with Crippen LogP contribution in [-0.2, 0) is 6.54 Å². The van der Waals surface area contributed by atoms with Gasteiger partial charge in [-0.2, -0.15) is 5.10 Å². The van der Waals surface area contributed by atoms with Crippen molar-refractivity contribution in [3.63, 3.8) is 0 Å². The first-order valence-corrected chi connectivity index (χ1v) is 5.98. The first kappa shape index (κ1) is 12.8. The molecule has 1 N–H and O–H groups in total. The molecule has 18 heavy (non-hydrogen) atoms. The molecule has 0 aliphatic carbocycles. The predicted molar refractivity (Wildman–Crippen MR) is 71.1 cm³/mol. The Labute approximate surface area is 111 Å². The Morgan fingerprint density at radius 3 is 2.67 bits per heavy atom. The Kier molecular flexibility index (Phi) is 4.12. The molecule has 2 rings (SSSR count). The third kappa shape index (κ3) is 3.18. The smallest absolute Gasteiger partial charge is 0.238 e. The van der Waals surface area contributed by atoms with Crippen molar-refractivity contribution in [2.75, 3.05) is 7.05 Å². The molecule has 0 bridgehead atoms. The molecule has 94 valence electrons. The SMILES string of the molecule is CNCc1ccc(Oc2ccc(C)cc2Cl)nn1. The Balaban J connectivity index is 2.13. The Hall–Kier alpha value is -1.65. The molecule has 0 saturated heterocycles. The van der Waals surface area contributed by atoms with Crippen LogP contribution in [0.15, 0.2) is 30.3 Å². The zero-order chi connectivity index (χ0) is 13.0. The van der Waals surface area contributed by atoms with Crippen LogP contribution in [0.5, 0.6) is 11.6 Å². The number of hydrogen-bond donors (Lipinski definition) is 1. The second-order valence-corrected chi connectivity index (χ2v) is 4.34. The summed E-state index contributed by atoms with van der Waals surface area (Å²) in [5.74, 6) is 1.01. The van der Waals surface area contributed by atoms with Crippen molar-refractivity contribution in [3.8, 4) is 11.6 Å². The quantitative estimate of drug-likeness (QED) is 0.921. The molecule has 0 aliphatic heterocycles. The standard InChI is InChI=1S/C13H14ClN3O/c1-9-3-5-12(11(14)7-9)18-13-6-4-10(8-15-2)16-17-13/h3-7,15H,8H2,1-2H3. The lowest BCUT2D eigenvalue weighted by atomic mass is 10.2. The molecule has 0 amide bonds. The minimum absolute atomic E-state index is 0.431. The molecule has 1 aromatic heterocycles. The van der Waals surface area contributed by atoms with Gasteiger partial charge in [0.15, 0.2) is 0 Å². The van der Waals surface area contributed by atoms with Crippen LogP contribution in [0, 0.1) is 6.92 Å². The van der Waals surface area contributed by atoms with E-state index in [4.69, 9.17) is 16.3 Å². The number of halogens is 1. The molecule has 1 heterocycles. The second kappa shape index (κ2) is 5.80. The van der Waals surface area contributed by atoms with Crippen molar-refractivity contribution in [2.24, 2.45) is 0 Å². The number of aromatic nitrogens is 2. The van der Waals surface area contributed by atoms with Crippen LogP contribution in [0.2, 0.25) is 5.02 Å². The molecule has 5 heteroatoms. The van der Waals surface area contributed by atoms with Gasteiger partial charge in [-0.05, 0) is 37.7 Å². The predicted octanol–water partition coefficient (Wildman–Crippen LogP) is 2.95. The summed E-state index contributed by atoms with van der Waals surface area (Å²) in [5.41, 5.74) is 1.95. The van der Waals surface area contributed by atoms with E-state index in [0.717, 1.165) is 11.3 Å². The summed E-state index contributed by atoms with van der Waals surface area (Å²) < 4.78 is 5.57. The molecule has 0 unspecified atom stereocenters. The van der Waals surface area contributed by atoms with Crippen molar-refractivity contribution < 1.29 is 4.74 Å². The fourth-order valence-corrected chi connectivity index (χ4v) is 1.75. The molecule has 0 radical (unpaired) electrons. The molecule has 0 fully saturated rings. The number of hydrogen-bond acceptors (Lipinski definition) is 4. The Morgan fingerprint density at radius 2 is 2.06 bits per heavy atom. The molecule has 2 aromatic rings. The highest BCUT2D eigenvalue weighted by Crippen LogP contribution is 2.28. The minimum Gasteiger partial charge on any atom is -0.436 e. The van der Waals surface area contributed by atoms with E-state index in [0.29, 0.717) is 23.2 Å². The first-order valence-electron chi connectivity index (χ1n) is 5.60. The van der Waals surface area contributed by atoms with Crippen molar-refractivity contribution in [1.29, 1.82) is 0 Å². The lowest BCUT2D eigenvalue weighted by Gasteiger charge is -2.07. The maximum Gasteiger partial charge on any atom is 0.238 e. The maximum atomic E-state index is 6.08. The van der Waals surface area contributed by atoms with Gasteiger partial charge in [-0.1, -0.05) is 17.7 Å². The van der Waals surface area contributed by atoms with Crippen molar-refractivity contribution >= 4 is 11.6 Å². The highest BCUT2D eigenvalue weighted by molar-refractivity contribution is 6.32. The molecule has 0 aliphatic rings. The average Bonchev–Trinajstić information content (AvgIpc) is 2.35. The van der Waals surface area contributed by atoms with Crippen LogP contribution in [0.3, 0.4) is 0 Å². The minimum atomic E-state index is 0.431. The van der Waals surface area contributed by atoms with E-state index in [9.17, 15) is 0 Å². The summed E-state index contributed by atoms with van der Waals surface area (Å²) in [6, 6.07) is 9.24. The van der Waals surface area contributed by atoms with Gasteiger partial charge in [0.1, 0.15) is 5.75 Å². The summed E-state index contributed by atoms with van der Waals surface area (Å²) in [5, 5.41) is 11.6. The number of nitrogens with zero attached hydrogens (tertiary/aromatic N) is 2. The molecule has 1 aromatic carbocycles. The Bertz CT molecular complexity index is 528. The van der Waals surface area contributed by atoms with Crippen LogP contribution >= 0.6 is 11.6 Å². The summed E-state index contributed by atoms with van der Waals surface area (Å²) in [4.78, 5) is 0. The number of aryl methyl sites for hydroxylation is 1. The molecule has 0 spiro atoms. The van der Waals surface area contributed by atoms with E-state index < -0.39 is 0 Å². The van der Waals surface area contributed by atoms with Gasteiger partial charge in [0.25, 0.3) is 0 Å². The van der Waals surface area contributed by atoms with E-state index in [1.807, 2.05) is 38.2 Å². The van der Waals surface area contributed by atoms with Crippen LogP contribution < -0.4 is 10.1 Å². The molecular weight excluding hydrogens is 250 g/mol. The molecule has 0 saturated carbocycles. The first-order chi connectivity index (χ1) is 8.69. The summed E-state index contributed by atoms with van der Waals surface area (Å²) in [7, 11) is 1.86. The second-order valence-electron chi connectivity index (χ2n) is 3.93. The number of nitrogens with one attached hydrogen (secondary N) is 1. The van der Waals surface area contributed by atoms with Gasteiger partial charge in [-0.3, -0.25) is 0 Å². The summed E-state index contributed by atoms with van der Waals surface area (Å²) in [6.07, 6.45) is 0. The zero-order valence-corrected chi connectivity index (χ0v) is 11.0. The van der Waals surface area contributed by atoms with E-state index in [-0.39, 0.29) is 0 Å². The van der Waals surface area contributed by atoms with Crippen molar-refractivity contribution in [2.45, 2.75) is 13.5 Å². The maximum absolute atomic E-state index is 6.08. The zero-order valence-electron chi connectivity index (χ0n) is 10.3. The van der Waals surface area contributed by atoms with Crippen LogP contribution in [0.1, 0.15) is 11.3 Å². The third-order valence-electron chi connectivity index (χ3n) is 2.36. The van der Waals surface area contributed by atoms with E-state index in [2.05, 4.69) is 15.5 Å². The van der Waals surface area contributed by atoms with E-state index >= 15 is 0 Å². The van der Waals surface area contributed by atoms with E-state index in [1.165, 1.54) is 0 Å². The van der Waals surface area contributed by atoms with Crippen molar-refractivity contribution in [3.05, 3.63) is 46.6 Å². The lowest BCUT2D eigenvalue weighted by Crippen LogP contribution is -2.07. The summed E-state index contributed by atoms with van der Waals surface area (Å²) >= 11 is 6.08. The normalized spacial score (nSPS) is 10.4. The largest absolute Gasteiger partial charge is 0.436 e. The van der Waals surface area contributed by atoms with Crippen LogP contribution in [0.25, 0.3) is 0 Å². The van der Waals surface area contributed by atoms with Gasteiger partial charge < -0.3 is 10.1 Å². The van der Waals surface area contributed by atoms with Gasteiger partial charge in [-0.25, -0.2) is 0 Å². The highest BCUT2D eigenvalue weighted by atomic mass is 35.5. The van der Waals surface area contributed by atoms with E-state index in [1.54, 1.807) is 6.07 Å². The monoisotopic (exact) mass is 263 g/mol. The number of ether oxygens (including phenoxy) is 1. The fourth-order valence-electron chi connectivity index (χ4n) is 1.48. The topological polar surface area (TPSA) is 47.0 Å². The van der Waals surface area contributed by atoms with Gasteiger partial charge in [0.05, 0.1) is 10.7 Å². The van der Waals surface area contributed by atoms with Crippen LogP contribution in [0.4, 0.5) is 0 Å². The summed E-state index contributed by atoms with van der Waals surface area (Å²) in [6.45, 7) is 2.65. The molecular formula is C13H14ClN3O. The highest BCUT2D eigenvalue weighted by Gasteiger charge is 2.04.